The van der Waals surface area contributed by atoms with Crippen LogP contribution < -0.4 is 0 Å². The number of halogens is 1. The van der Waals surface area contributed by atoms with Crippen LogP contribution in [0.4, 0.5) is 0 Å². The van der Waals surface area contributed by atoms with Crippen molar-refractivity contribution in [1.29, 1.82) is 0 Å². The minimum atomic E-state index is -0.451. The second-order valence-corrected chi connectivity index (χ2v) is 9.50. The molecule has 3 aromatic carbocycles. The predicted molar refractivity (Wildman–Crippen MR) is 138 cm³/mol. The molecule has 1 atom stereocenters. The SMILES string of the molecule is CCOC(=O)c1c(C)oc2c1c([C@@H](c1ccc(Cl)cc1)N1CCN(C)CC1)c(O)c1ccccc12. The summed E-state index contributed by atoms with van der Waals surface area (Å²) in [6, 6.07) is 15.0. The van der Waals surface area contributed by atoms with Crippen molar-refractivity contribution in [3.8, 4) is 5.75 Å². The van der Waals surface area contributed by atoms with Crippen molar-refractivity contribution in [2.24, 2.45) is 0 Å². The van der Waals surface area contributed by atoms with Gasteiger partial charge >= 0.3 is 5.97 Å². The molecule has 1 aliphatic rings. The first-order chi connectivity index (χ1) is 16.9. The second-order valence-electron chi connectivity index (χ2n) is 9.06. The Morgan fingerprint density at radius 3 is 2.40 bits per heavy atom. The van der Waals surface area contributed by atoms with Crippen LogP contribution in [0.15, 0.2) is 52.9 Å². The summed E-state index contributed by atoms with van der Waals surface area (Å²) in [5.41, 5.74) is 2.60. The molecule has 0 aliphatic carbocycles. The van der Waals surface area contributed by atoms with Crippen molar-refractivity contribution in [2.45, 2.75) is 19.9 Å². The molecule has 1 N–H and O–H groups in total. The van der Waals surface area contributed by atoms with Gasteiger partial charge in [0.15, 0.2) is 0 Å². The molecule has 1 saturated heterocycles. The van der Waals surface area contributed by atoms with Gasteiger partial charge in [0.2, 0.25) is 0 Å². The fraction of sp³-hybridized carbons (Fsp3) is 0.321. The Hall–Kier alpha value is -3.06. The highest BCUT2D eigenvalue weighted by molar-refractivity contribution is 6.30. The summed E-state index contributed by atoms with van der Waals surface area (Å²) < 4.78 is 11.6. The van der Waals surface area contributed by atoms with Crippen LogP contribution in [0.5, 0.6) is 5.75 Å². The zero-order valence-corrected chi connectivity index (χ0v) is 20.9. The highest BCUT2D eigenvalue weighted by Gasteiger charge is 2.34. The first kappa shape index (κ1) is 23.7. The van der Waals surface area contributed by atoms with Gasteiger partial charge in [-0.1, -0.05) is 48.0 Å². The second kappa shape index (κ2) is 9.53. The third-order valence-electron chi connectivity index (χ3n) is 6.88. The van der Waals surface area contributed by atoms with Crippen molar-refractivity contribution < 1.29 is 19.1 Å². The van der Waals surface area contributed by atoms with Gasteiger partial charge in [-0.2, -0.15) is 0 Å². The smallest absolute Gasteiger partial charge is 0.342 e. The first-order valence-electron chi connectivity index (χ1n) is 11.9. The van der Waals surface area contributed by atoms with Crippen LogP contribution in [-0.4, -0.2) is 60.7 Å². The maximum absolute atomic E-state index is 13.2. The van der Waals surface area contributed by atoms with Crippen LogP contribution in [-0.2, 0) is 4.74 Å². The van der Waals surface area contributed by atoms with Gasteiger partial charge in [0.05, 0.1) is 12.6 Å². The maximum atomic E-state index is 13.2. The summed E-state index contributed by atoms with van der Waals surface area (Å²) in [6.07, 6.45) is 0. The van der Waals surface area contributed by atoms with E-state index in [1.165, 1.54) is 0 Å². The standard InChI is InChI=1S/C28H29ClN2O4/c1-4-34-28(33)22-17(2)35-27-21-8-6-5-7-20(21)26(32)24(23(22)27)25(18-9-11-19(29)12-10-18)31-15-13-30(3)14-16-31/h5-12,25,32H,4,13-16H2,1-3H3/t25-/m1/s1. The lowest BCUT2D eigenvalue weighted by Crippen LogP contribution is -2.46. The summed E-state index contributed by atoms with van der Waals surface area (Å²) in [7, 11) is 2.11. The molecule has 0 amide bonds. The number of phenolic OH excluding ortho intramolecular Hbond substituents is 1. The highest BCUT2D eigenvalue weighted by Crippen LogP contribution is 2.47. The molecule has 0 saturated carbocycles. The minimum Gasteiger partial charge on any atom is -0.507 e. The van der Waals surface area contributed by atoms with E-state index in [4.69, 9.17) is 20.8 Å². The predicted octanol–water partition coefficient (Wildman–Crippen LogP) is 5.77. The number of aromatic hydroxyl groups is 1. The number of aryl methyl sites for hydroxylation is 1. The fourth-order valence-corrected chi connectivity index (χ4v) is 5.27. The molecule has 0 spiro atoms. The Balaban J connectivity index is 1.87. The number of esters is 1. The van der Waals surface area contributed by atoms with Gasteiger partial charge in [-0.05, 0) is 38.6 Å². The highest BCUT2D eigenvalue weighted by atomic mass is 35.5. The van der Waals surface area contributed by atoms with Crippen LogP contribution in [0.2, 0.25) is 5.02 Å². The topological polar surface area (TPSA) is 66.2 Å². The number of ether oxygens (including phenoxy) is 1. The Labute approximate surface area is 209 Å². The molecule has 0 radical (unpaired) electrons. The lowest BCUT2D eigenvalue weighted by molar-refractivity contribution is 0.0526. The molecule has 1 aliphatic heterocycles. The number of phenols is 1. The third kappa shape index (κ3) is 4.16. The minimum absolute atomic E-state index is 0.151. The van der Waals surface area contributed by atoms with Gasteiger partial charge < -0.3 is 19.2 Å². The van der Waals surface area contributed by atoms with E-state index in [0.29, 0.717) is 38.3 Å². The Bertz CT molecular complexity index is 1390. The van der Waals surface area contributed by atoms with E-state index in [0.717, 1.165) is 37.1 Å². The molecule has 7 heteroatoms. The lowest BCUT2D eigenvalue weighted by Gasteiger charge is -2.39. The van der Waals surface area contributed by atoms with E-state index in [-0.39, 0.29) is 18.4 Å². The first-order valence-corrected chi connectivity index (χ1v) is 12.3. The van der Waals surface area contributed by atoms with Crippen LogP contribution in [0.3, 0.4) is 0 Å². The number of piperazine rings is 1. The molecule has 4 aromatic rings. The number of furan rings is 1. The molecular formula is C28H29ClN2O4. The third-order valence-corrected chi connectivity index (χ3v) is 7.13. The van der Waals surface area contributed by atoms with Crippen LogP contribution >= 0.6 is 11.6 Å². The number of benzene rings is 3. The van der Waals surface area contributed by atoms with E-state index in [1.54, 1.807) is 13.8 Å². The van der Waals surface area contributed by atoms with Crippen molar-refractivity contribution in [2.75, 3.05) is 39.8 Å². The number of fused-ring (bicyclic) bond motifs is 3. The number of carbonyl (C=O) groups excluding carboxylic acids is 1. The molecule has 182 valence electrons. The zero-order valence-electron chi connectivity index (χ0n) is 20.2. The summed E-state index contributed by atoms with van der Waals surface area (Å²) >= 11 is 6.23. The van der Waals surface area contributed by atoms with Crippen LogP contribution in [0.25, 0.3) is 21.7 Å². The van der Waals surface area contributed by atoms with Gasteiger partial charge in [0.25, 0.3) is 0 Å². The number of likely N-dealkylation sites (N-methyl/N-ethyl adjacent to an activating group) is 1. The molecule has 35 heavy (non-hydrogen) atoms. The van der Waals surface area contributed by atoms with E-state index in [1.807, 2.05) is 48.5 Å². The summed E-state index contributed by atoms with van der Waals surface area (Å²) in [5, 5.41) is 14.5. The van der Waals surface area contributed by atoms with Crippen molar-refractivity contribution >= 4 is 39.3 Å². The molecule has 1 fully saturated rings. The Morgan fingerprint density at radius 2 is 1.74 bits per heavy atom. The molecular weight excluding hydrogens is 464 g/mol. The summed E-state index contributed by atoms with van der Waals surface area (Å²) in [6.45, 7) is 7.22. The van der Waals surface area contributed by atoms with Gasteiger partial charge in [-0.3, -0.25) is 4.90 Å². The van der Waals surface area contributed by atoms with Gasteiger partial charge in [0, 0.05) is 52.9 Å². The normalized spacial score (nSPS) is 16.1. The average molecular weight is 493 g/mol. The van der Waals surface area contributed by atoms with Gasteiger partial charge in [0.1, 0.15) is 22.7 Å². The molecule has 1 aromatic heterocycles. The van der Waals surface area contributed by atoms with Crippen LogP contribution in [0, 0.1) is 6.92 Å². The zero-order chi connectivity index (χ0) is 24.7. The van der Waals surface area contributed by atoms with Crippen molar-refractivity contribution in [3.63, 3.8) is 0 Å². The largest absolute Gasteiger partial charge is 0.507 e. The van der Waals surface area contributed by atoms with E-state index in [9.17, 15) is 9.90 Å². The molecule has 0 bridgehead atoms. The van der Waals surface area contributed by atoms with E-state index < -0.39 is 5.97 Å². The number of hydrogen-bond donors (Lipinski definition) is 1. The number of rotatable bonds is 5. The molecule has 5 rings (SSSR count). The lowest BCUT2D eigenvalue weighted by atomic mass is 9.88. The molecule has 2 heterocycles. The Kier molecular flexibility index (Phi) is 6.45. The fourth-order valence-electron chi connectivity index (χ4n) is 5.14. The summed E-state index contributed by atoms with van der Waals surface area (Å²) in [4.78, 5) is 17.8. The molecule has 0 unspecified atom stereocenters. The number of nitrogens with zero attached hydrogens (tertiary/aromatic N) is 2. The van der Waals surface area contributed by atoms with Crippen molar-refractivity contribution in [3.05, 3.63) is 76.0 Å². The van der Waals surface area contributed by atoms with Gasteiger partial charge in [-0.25, -0.2) is 4.79 Å². The average Bonchev–Trinajstić information content (AvgIpc) is 3.20. The quantitative estimate of drug-likeness (QED) is 0.357. The Morgan fingerprint density at radius 1 is 1.09 bits per heavy atom. The van der Waals surface area contributed by atoms with Crippen LogP contribution in [0.1, 0.15) is 40.2 Å². The number of carbonyl (C=O) groups is 1. The van der Waals surface area contributed by atoms with E-state index in [2.05, 4.69) is 16.8 Å². The monoisotopic (exact) mass is 492 g/mol. The van der Waals surface area contributed by atoms with E-state index >= 15 is 0 Å². The summed E-state index contributed by atoms with van der Waals surface area (Å²) in [5.74, 6) is 0.176. The van der Waals surface area contributed by atoms with Crippen molar-refractivity contribution in [1.82, 2.24) is 9.80 Å². The maximum Gasteiger partial charge on any atom is 0.342 e. The molecule has 6 nitrogen and oxygen atoms in total. The van der Waals surface area contributed by atoms with Gasteiger partial charge in [-0.15, -0.1) is 0 Å². The number of hydrogen-bond acceptors (Lipinski definition) is 6.